The van der Waals surface area contributed by atoms with Crippen molar-refractivity contribution in [2.24, 2.45) is 0 Å². The van der Waals surface area contributed by atoms with E-state index in [2.05, 4.69) is 0 Å². The van der Waals surface area contributed by atoms with E-state index >= 15 is 0 Å². The van der Waals surface area contributed by atoms with Gasteiger partial charge in [-0.1, -0.05) is 30.3 Å². The Labute approximate surface area is 92.8 Å². The molecule has 3 heteroatoms. The molecule has 2 aromatic rings. The first-order valence-corrected chi connectivity index (χ1v) is 4.77. The number of nitriles is 1. The minimum absolute atomic E-state index is 0.0536. The topological polar surface area (TPSA) is 49.8 Å². The van der Waals surface area contributed by atoms with Gasteiger partial charge >= 0.3 is 0 Å². The minimum Gasteiger partial charge on any atom is -0.396 e. The van der Waals surface area contributed by atoms with Crippen LogP contribution in [0.25, 0.3) is 11.1 Å². The molecule has 0 aromatic heterocycles. The van der Waals surface area contributed by atoms with Gasteiger partial charge in [0.2, 0.25) is 0 Å². The summed E-state index contributed by atoms with van der Waals surface area (Å²) in [6, 6.07) is 13.9. The zero-order chi connectivity index (χ0) is 11.5. The molecule has 2 aromatic carbocycles. The van der Waals surface area contributed by atoms with E-state index in [-0.39, 0.29) is 11.3 Å². The van der Waals surface area contributed by atoms with Crippen molar-refractivity contribution in [3.8, 4) is 17.2 Å². The third-order valence-corrected chi connectivity index (χ3v) is 2.34. The molecular weight excluding hydrogens is 203 g/mol. The molecule has 2 N–H and O–H groups in total. The fourth-order valence-electron chi connectivity index (χ4n) is 1.54. The Kier molecular flexibility index (Phi) is 2.57. The lowest BCUT2D eigenvalue weighted by molar-refractivity contribution is 0.632. The average molecular weight is 212 g/mol. The highest BCUT2D eigenvalue weighted by Crippen LogP contribution is 2.27. The molecule has 0 bridgehead atoms. The van der Waals surface area contributed by atoms with E-state index in [1.807, 2.05) is 36.4 Å². The van der Waals surface area contributed by atoms with Crippen LogP contribution in [-0.4, -0.2) is 0 Å². The second-order valence-corrected chi connectivity index (χ2v) is 3.40. The van der Waals surface area contributed by atoms with Crippen molar-refractivity contribution in [3.05, 3.63) is 53.8 Å². The van der Waals surface area contributed by atoms with Crippen molar-refractivity contribution < 1.29 is 4.39 Å². The molecule has 0 atom stereocenters. The molecule has 0 saturated carbocycles. The first-order chi connectivity index (χ1) is 7.72. The number of nitrogens with zero attached hydrogens (tertiary/aromatic N) is 1. The van der Waals surface area contributed by atoms with Crippen molar-refractivity contribution >= 4 is 5.69 Å². The Morgan fingerprint density at radius 3 is 2.44 bits per heavy atom. The number of anilines is 1. The molecule has 0 aliphatic heterocycles. The maximum absolute atomic E-state index is 13.2. The van der Waals surface area contributed by atoms with Crippen LogP contribution in [0.2, 0.25) is 0 Å². The van der Waals surface area contributed by atoms with Crippen molar-refractivity contribution in [2.45, 2.75) is 0 Å². The molecule has 0 aliphatic rings. The van der Waals surface area contributed by atoms with Crippen LogP contribution in [-0.2, 0) is 0 Å². The van der Waals surface area contributed by atoms with Gasteiger partial charge in [0, 0.05) is 5.56 Å². The van der Waals surface area contributed by atoms with Gasteiger partial charge in [-0.15, -0.1) is 0 Å². The fraction of sp³-hybridized carbons (Fsp3) is 0. The predicted molar refractivity (Wildman–Crippen MR) is 61.0 cm³/mol. The Morgan fingerprint density at radius 1 is 1.12 bits per heavy atom. The molecular formula is C13H9FN2. The molecule has 0 fully saturated rings. The molecule has 16 heavy (non-hydrogen) atoms. The first kappa shape index (κ1) is 10.2. The van der Waals surface area contributed by atoms with Crippen LogP contribution in [0, 0.1) is 17.1 Å². The summed E-state index contributed by atoms with van der Waals surface area (Å²) >= 11 is 0. The molecule has 2 nitrogen and oxygen atoms in total. The zero-order valence-electron chi connectivity index (χ0n) is 8.44. The maximum atomic E-state index is 13.2. The number of nitrogen functional groups attached to an aromatic ring is 1. The van der Waals surface area contributed by atoms with Crippen LogP contribution < -0.4 is 5.73 Å². The smallest absolute Gasteiger partial charge is 0.147 e. The van der Waals surface area contributed by atoms with E-state index in [9.17, 15) is 4.39 Å². The van der Waals surface area contributed by atoms with Gasteiger partial charge in [0.25, 0.3) is 0 Å². The van der Waals surface area contributed by atoms with Crippen LogP contribution in [0.4, 0.5) is 10.1 Å². The zero-order valence-corrected chi connectivity index (χ0v) is 8.44. The largest absolute Gasteiger partial charge is 0.396 e. The van der Waals surface area contributed by atoms with Gasteiger partial charge in [0.15, 0.2) is 0 Å². The molecule has 0 saturated heterocycles. The lowest BCUT2D eigenvalue weighted by atomic mass is 9.99. The Hall–Kier alpha value is -2.34. The van der Waals surface area contributed by atoms with E-state index < -0.39 is 5.82 Å². The summed E-state index contributed by atoms with van der Waals surface area (Å²) in [5.74, 6) is -0.559. The molecule has 0 radical (unpaired) electrons. The summed E-state index contributed by atoms with van der Waals surface area (Å²) in [5.41, 5.74) is 7.35. The van der Waals surface area contributed by atoms with Crippen LogP contribution in [0.3, 0.4) is 0 Å². The second kappa shape index (κ2) is 4.03. The molecule has 0 heterocycles. The van der Waals surface area contributed by atoms with Gasteiger partial charge in [0.05, 0.1) is 17.3 Å². The highest BCUT2D eigenvalue weighted by atomic mass is 19.1. The van der Waals surface area contributed by atoms with E-state index in [4.69, 9.17) is 11.0 Å². The van der Waals surface area contributed by atoms with Crippen molar-refractivity contribution in [1.82, 2.24) is 0 Å². The molecule has 0 amide bonds. The quantitative estimate of drug-likeness (QED) is 0.739. The fourth-order valence-corrected chi connectivity index (χ4v) is 1.54. The highest BCUT2D eigenvalue weighted by Gasteiger charge is 2.08. The van der Waals surface area contributed by atoms with Gasteiger partial charge in [-0.25, -0.2) is 4.39 Å². The van der Waals surface area contributed by atoms with Gasteiger partial charge in [-0.05, 0) is 17.7 Å². The Morgan fingerprint density at radius 2 is 1.81 bits per heavy atom. The Bertz CT molecular complexity index is 556. The standard InChI is InChI=1S/C13H9FN2/c14-12-6-10(8-15)11(7-13(12)16)9-4-2-1-3-5-9/h1-7H,16H2. The lowest BCUT2D eigenvalue weighted by Gasteiger charge is -2.06. The summed E-state index contributed by atoms with van der Waals surface area (Å²) in [7, 11) is 0. The normalized spacial score (nSPS) is 9.75. The number of halogens is 1. The number of benzene rings is 2. The summed E-state index contributed by atoms with van der Waals surface area (Å²) in [4.78, 5) is 0. The maximum Gasteiger partial charge on any atom is 0.147 e. The van der Waals surface area contributed by atoms with Crippen LogP contribution in [0.15, 0.2) is 42.5 Å². The molecule has 2 rings (SSSR count). The predicted octanol–water partition coefficient (Wildman–Crippen LogP) is 2.95. The second-order valence-electron chi connectivity index (χ2n) is 3.40. The summed E-state index contributed by atoms with van der Waals surface area (Å²) in [5, 5.41) is 8.94. The summed E-state index contributed by atoms with van der Waals surface area (Å²) in [6.07, 6.45) is 0. The van der Waals surface area contributed by atoms with Gasteiger partial charge in [0.1, 0.15) is 5.82 Å². The van der Waals surface area contributed by atoms with Crippen LogP contribution in [0.1, 0.15) is 5.56 Å². The van der Waals surface area contributed by atoms with E-state index in [1.165, 1.54) is 6.07 Å². The third-order valence-electron chi connectivity index (χ3n) is 2.34. The Balaban J connectivity index is 2.66. The summed E-state index contributed by atoms with van der Waals surface area (Å²) < 4.78 is 13.2. The third kappa shape index (κ3) is 1.73. The molecule has 78 valence electrons. The van der Waals surface area contributed by atoms with Crippen molar-refractivity contribution in [1.29, 1.82) is 5.26 Å². The van der Waals surface area contributed by atoms with Crippen LogP contribution in [0.5, 0.6) is 0 Å². The first-order valence-electron chi connectivity index (χ1n) is 4.77. The number of nitrogens with two attached hydrogens (primary N) is 1. The molecule has 0 unspecified atom stereocenters. The number of rotatable bonds is 1. The highest BCUT2D eigenvalue weighted by molar-refractivity contribution is 5.73. The van der Waals surface area contributed by atoms with Crippen molar-refractivity contribution in [2.75, 3.05) is 5.73 Å². The van der Waals surface area contributed by atoms with Crippen LogP contribution >= 0.6 is 0 Å². The lowest BCUT2D eigenvalue weighted by Crippen LogP contribution is -1.94. The average Bonchev–Trinajstić information content (AvgIpc) is 2.33. The molecule has 0 aliphatic carbocycles. The molecule has 0 spiro atoms. The number of hydrogen-bond donors (Lipinski definition) is 1. The van der Waals surface area contributed by atoms with Gasteiger partial charge < -0.3 is 5.73 Å². The SMILES string of the molecule is N#Cc1cc(F)c(N)cc1-c1ccccc1. The van der Waals surface area contributed by atoms with E-state index in [0.717, 1.165) is 11.6 Å². The van der Waals surface area contributed by atoms with Crippen molar-refractivity contribution in [3.63, 3.8) is 0 Å². The summed E-state index contributed by atoms with van der Waals surface area (Å²) in [6.45, 7) is 0. The monoisotopic (exact) mass is 212 g/mol. The van der Waals surface area contributed by atoms with Gasteiger partial charge in [-0.3, -0.25) is 0 Å². The minimum atomic E-state index is -0.559. The van der Waals surface area contributed by atoms with Gasteiger partial charge in [-0.2, -0.15) is 5.26 Å². The van der Waals surface area contributed by atoms with E-state index in [1.54, 1.807) is 0 Å². The number of hydrogen-bond acceptors (Lipinski definition) is 2. The van der Waals surface area contributed by atoms with E-state index in [0.29, 0.717) is 5.56 Å².